The maximum Gasteiger partial charge on any atom is 0.259 e. The lowest BCUT2D eigenvalue weighted by molar-refractivity contribution is -0.119. The monoisotopic (exact) mass is 139 g/mol. The first kappa shape index (κ1) is 8.91. The van der Waals surface area contributed by atoms with Crippen molar-refractivity contribution in [3.63, 3.8) is 0 Å². The van der Waals surface area contributed by atoms with Crippen LogP contribution in [0.5, 0.6) is 0 Å². The number of carbonyl (C=O) groups excluding carboxylic acids is 1. The van der Waals surface area contributed by atoms with Gasteiger partial charge in [0.15, 0.2) is 0 Å². The minimum absolute atomic E-state index is 0.515. The van der Waals surface area contributed by atoms with Gasteiger partial charge in [-0.1, -0.05) is 12.2 Å². The van der Waals surface area contributed by atoms with E-state index < -0.39 is 11.9 Å². The van der Waals surface area contributed by atoms with Crippen molar-refractivity contribution in [2.75, 3.05) is 6.54 Å². The van der Waals surface area contributed by atoms with Gasteiger partial charge in [0, 0.05) is 6.54 Å². The van der Waals surface area contributed by atoms with Gasteiger partial charge in [0.25, 0.3) is 5.91 Å². The molecule has 0 aliphatic carbocycles. The molecule has 0 fully saturated rings. The van der Waals surface area contributed by atoms with E-state index >= 15 is 0 Å². The molecule has 10 heavy (non-hydrogen) atoms. The molecule has 1 unspecified atom stereocenters. The molecule has 0 saturated heterocycles. The number of amides is 1. The molecule has 0 heterocycles. The topological polar surface area (TPSA) is 52.9 Å². The van der Waals surface area contributed by atoms with Gasteiger partial charge in [0.05, 0.1) is 0 Å². The van der Waals surface area contributed by atoms with Crippen molar-refractivity contribution in [1.29, 1.82) is 0 Å². The molecule has 3 nitrogen and oxygen atoms in total. The number of rotatable bonds is 5. The third-order valence-electron chi connectivity index (χ3n) is 1.00. The Morgan fingerprint density at radius 1 is 1.70 bits per heavy atom. The summed E-state index contributed by atoms with van der Waals surface area (Å²) in [6.45, 7) is 7.37. The molecule has 0 bridgehead atoms. The normalized spacial score (nSPS) is 12.0. The second-order valence-corrected chi connectivity index (χ2v) is 1.77. The molecule has 0 aromatic rings. The van der Waals surface area contributed by atoms with Crippen molar-refractivity contribution >= 4 is 5.91 Å². The van der Waals surface area contributed by atoms with E-state index in [0.717, 1.165) is 0 Å². The predicted octanol–water partition coefficient (Wildman–Crippen LogP) is 0.126. The Labute approximate surface area is 60.6 Å². The van der Waals surface area contributed by atoms with Gasteiger partial charge < -0.3 is 0 Å². The molecule has 0 rings (SSSR count). The van der Waals surface area contributed by atoms with Gasteiger partial charge in [0.2, 0.25) is 0 Å². The summed E-state index contributed by atoms with van der Waals surface area (Å²) in [6.07, 6.45) is 3.03. The Morgan fingerprint density at radius 2 is 2.30 bits per heavy atom. The van der Waals surface area contributed by atoms with E-state index in [1.807, 2.05) is 0 Å². The molecular weight excluding hydrogens is 128 g/mol. The van der Waals surface area contributed by atoms with Crippen molar-refractivity contribution in [3.05, 3.63) is 25.3 Å². The average Bonchev–Trinajstić information content (AvgIpc) is 1.89. The molecule has 55 valence electrons. The lowest BCUT2D eigenvalue weighted by Crippen LogP contribution is -2.35. The van der Waals surface area contributed by atoms with E-state index in [9.17, 15) is 4.79 Å². The van der Waals surface area contributed by atoms with Crippen molar-refractivity contribution in [2.24, 2.45) is 0 Å². The minimum atomic E-state index is -0.670. The molecule has 0 aliphatic heterocycles. The zero-order valence-electron chi connectivity index (χ0n) is 5.76. The third kappa shape index (κ3) is 3.04. The van der Waals surface area contributed by atoms with E-state index in [1.54, 1.807) is 6.08 Å². The molecule has 0 aliphatic rings. The highest BCUT2D eigenvalue weighted by atomic mass is 16.1. The van der Waals surface area contributed by atoms with Crippen molar-refractivity contribution in [1.82, 2.24) is 11.1 Å². The van der Waals surface area contributed by atoms with Crippen LogP contribution in [0, 0.1) is 0 Å². The smallest absolute Gasteiger partial charge is 0.259 e. The number of carbonyl (C=O) groups is 1. The van der Waals surface area contributed by atoms with Gasteiger partial charge in [-0.15, -0.1) is 13.2 Å². The highest BCUT2D eigenvalue weighted by Crippen LogP contribution is 1.82. The van der Waals surface area contributed by atoms with Crippen molar-refractivity contribution in [2.45, 2.75) is 6.04 Å². The van der Waals surface area contributed by atoms with Crippen LogP contribution in [0.4, 0.5) is 0 Å². The Hall–Kier alpha value is -1.09. The van der Waals surface area contributed by atoms with Gasteiger partial charge in [-0.05, 0) is 0 Å². The second kappa shape index (κ2) is 4.76. The summed E-state index contributed by atoms with van der Waals surface area (Å²) < 4.78 is 0. The molecule has 1 radical (unpaired) electrons. The van der Waals surface area contributed by atoms with E-state index in [2.05, 4.69) is 18.5 Å². The number of hydrogen-bond donors (Lipinski definition) is 1. The standard InChI is InChI=1S/C7H11N2O/c1-3-5-9-6(4-2)7(8)10/h3-4,6,8-9H,1-2,5H2. The van der Waals surface area contributed by atoms with Crippen LogP contribution in [0.1, 0.15) is 0 Å². The molecular formula is C7H11N2O. The maximum absolute atomic E-state index is 10.4. The molecule has 0 aromatic heterocycles. The maximum atomic E-state index is 10.4. The summed E-state index contributed by atoms with van der Waals surface area (Å²) in [5.74, 6) is -0.670. The first-order valence-electron chi connectivity index (χ1n) is 2.94. The average molecular weight is 139 g/mol. The zero-order chi connectivity index (χ0) is 7.98. The molecule has 0 aromatic carbocycles. The Kier molecular flexibility index (Phi) is 4.24. The molecule has 1 amide bonds. The fourth-order valence-electron chi connectivity index (χ4n) is 0.493. The fourth-order valence-corrected chi connectivity index (χ4v) is 0.493. The Bertz CT molecular complexity index is 143. The summed E-state index contributed by atoms with van der Waals surface area (Å²) >= 11 is 0. The molecule has 3 heteroatoms. The van der Waals surface area contributed by atoms with Crippen LogP contribution >= 0.6 is 0 Å². The predicted molar refractivity (Wildman–Crippen MR) is 40.3 cm³/mol. The Morgan fingerprint density at radius 3 is 2.60 bits per heavy atom. The van der Waals surface area contributed by atoms with Crippen LogP contribution in [0.3, 0.4) is 0 Å². The quantitative estimate of drug-likeness (QED) is 0.550. The second-order valence-electron chi connectivity index (χ2n) is 1.77. The Balaban J connectivity index is 3.71. The minimum Gasteiger partial charge on any atom is -0.299 e. The lowest BCUT2D eigenvalue weighted by atomic mass is 10.3. The largest absolute Gasteiger partial charge is 0.299 e. The van der Waals surface area contributed by atoms with Crippen molar-refractivity contribution in [3.8, 4) is 0 Å². The van der Waals surface area contributed by atoms with E-state index in [-0.39, 0.29) is 0 Å². The summed E-state index contributed by atoms with van der Waals surface area (Å²) in [5, 5.41) is 2.75. The fraction of sp³-hybridized carbons (Fsp3) is 0.286. The molecule has 2 N–H and O–H groups in total. The van der Waals surface area contributed by atoms with Crippen LogP contribution in [-0.4, -0.2) is 18.5 Å². The van der Waals surface area contributed by atoms with E-state index in [0.29, 0.717) is 6.54 Å². The van der Waals surface area contributed by atoms with Gasteiger partial charge >= 0.3 is 0 Å². The lowest BCUT2D eigenvalue weighted by Gasteiger charge is -2.06. The zero-order valence-corrected chi connectivity index (χ0v) is 5.76. The summed E-state index contributed by atoms with van der Waals surface area (Å²) in [4.78, 5) is 10.4. The highest BCUT2D eigenvalue weighted by Gasteiger charge is 2.07. The van der Waals surface area contributed by atoms with Crippen molar-refractivity contribution < 1.29 is 4.79 Å². The molecule has 1 atom stereocenters. The molecule has 0 saturated carbocycles. The highest BCUT2D eigenvalue weighted by molar-refractivity contribution is 5.81. The van der Waals surface area contributed by atoms with Gasteiger partial charge in [-0.25, -0.2) is 0 Å². The first-order valence-corrected chi connectivity index (χ1v) is 2.94. The van der Waals surface area contributed by atoms with E-state index in [1.165, 1.54) is 6.08 Å². The van der Waals surface area contributed by atoms with Crippen LogP contribution in [0.15, 0.2) is 25.3 Å². The van der Waals surface area contributed by atoms with Crippen LogP contribution in [-0.2, 0) is 4.79 Å². The summed E-state index contributed by atoms with van der Waals surface area (Å²) in [6, 6.07) is -0.557. The summed E-state index contributed by atoms with van der Waals surface area (Å²) in [7, 11) is 0. The van der Waals surface area contributed by atoms with Gasteiger partial charge in [-0.3, -0.25) is 15.8 Å². The third-order valence-corrected chi connectivity index (χ3v) is 1.00. The SMILES string of the molecule is C=CCNC(C=C)C([NH])=O. The van der Waals surface area contributed by atoms with Gasteiger partial charge in [-0.2, -0.15) is 0 Å². The number of nitrogens with one attached hydrogen (secondary N) is 2. The number of hydrogen-bond acceptors (Lipinski definition) is 2. The van der Waals surface area contributed by atoms with Crippen LogP contribution in [0.25, 0.3) is 0 Å². The van der Waals surface area contributed by atoms with Gasteiger partial charge in [0.1, 0.15) is 6.04 Å². The summed E-state index contributed by atoms with van der Waals surface area (Å²) in [5.41, 5.74) is 6.71. The van der Waals surface area contributed by atoms with Crippen LogP contribution in [0.2, 0.25) is 0 Å². The molecule has 0 spiro atoms. The van der Waals surface area contributed by atoms with Crippen LogP contribution < -0.4 is 11.1 Å². The van der Waals surface area contributed by atoms with E-state index in [4.69, 9.17) is 5.73 Å². The first-order chi connectivity index (χ1) is 4.72.